The fourth-order valence-electron chi connectivity index (χ4n) is 2.85. The standard InChI is InChI=1S/C16H21NO3/c1-16(2)10-13(9-14(18)20-3)17(11-16)15(19)12-7-5-4-6-8-12/h4-8,13H,9-11H2,1-3H3. The number of benzene rings is 1. The average molecular weight is 275 g/mol. The van der Waals surface area contributed by atoms with Crippen LogP contribution in [0.4, 0.5) is 0 Å². The summed E-state index contributed by atoms with van der Waals surface area (Å²) in [5.41, 5.74) is 0.698. The van der Waals surface area contributed by atoms with Gasteiger partial charge < -0.3 is 9.64 Å². The molecule has 0 aromatic heterocycles. The lowest BCUT2D eigenvalue weighted by atomic mass is 9.90. The summed E-state index contributed by atoms with van der Waals surface area (Å²) in [5, 5.41) is 0. The summed E-state index contributed by atoms with van der Waals surface area (Å²) in [6, 6.07) is 9.13. The Bertz CT molecular complexity index is 496. The van der Waals surface area contributed by atoms with Crippen LogP contribution < -0.4 is 0 Å². The topological polar surface area (TPSA) is 46.6 Å². The highest BCUT2D eigenvalue weighted by atomic mass is 16.5. The molecule has 1 amide bonds. The van der Waals surface area contributed by atoms with E-state index in [1.54, 1.807) is 0 Å². The quantitative estimate of drug-likeness (QED) is 0.796. The Balaban J connectivity index is 2.19. The normalized spacial score (nSPS) is 20.8. The number of esters is 1. The number of hydrogen-bond acceptors (Lipinski definition) is 3. The van der Waals surface area contributed by atoms with Gasteiger partial charge in [0.25, 0.3) is 5.91 Å². The largest absolute Gasteiger partial charge is 0.469 e. The molecule has 108 valence electrons. The van der Waals surface area contributed by atoms with E-state index in [9.17, 15) is 9.59 Å². The molecule has 2 rings (SSSR count). The highest BCUT2D eigenvalue weighted by Gasteiger charge is 2.41. The van der Waals surface area contributed by atoms with Crippen molar-refractivity contribution in [3.05, 3.63) is 35.9 Å². The summed E-state index contributed by atoms with van der Waals surface area (Å²) in [4.78, 5) is 25.9. The number of hydrogen-bond donors (Lipinski definition) is 0. The molecule has 1 saturated heterocycles. The van der Waals surface area contributed by atoms with Gasteiger partial charge in [-0.3, -0.25) is 9.59 Å². The Labute approximate surface area is 119 Å². The van der Waals surface area contributed by atoms with Gasteiger partial charge in [-0.1, -0.05) is 32.0 Å². The average Bonchev–Trinajstić information content (AvgIpc) is 2.73. The molecule has 0 radical (unpaired) electrons. The summed E-state index contributed by atoms with van der Waals surface area (Å²) in [7, 11) is 1.38. The number of nitrogens with zero attached hydrogens (tertiary/aromatic N) is 1. The number of likely N-dealkylation sites (tertiary alicyclic amines) is 1. The maximum atomic E-state index is 12.6. The van der Waals surface area contributed by atoms with E-state index in [-0.39, 0.29) is 29.8 Å². The summed E-state index contributed by atoms with van der Waals surface area (Å²) in [5.74, 6) is -0.274. The van der Waals surface area contributed by atoms with Crippen LogP contribution in [-0.4, -0.2) is 36.5 Å². The van der Waals surface area contributed by atoms with Crippen molar-refractivity contribution in [1.29, 1.82) is 0 Å². The fourth-order valence-corrected chi connectivity index (χ4v) is 2.85. The van der Waals surface area contributed by atoms with Crippen molar-refractivity contribution < 1.29 is 14.3 Å². The van der Waals surface area contributed by atoms with Crippen LogP contribution in [-0.2, 0) is 9.53 Å². The van der Waals surface area contributed by atoms with Crippen molar-refractivity contribution >= 4 is 11.9 Å². The van der Waals surface area contributed by atoms with E-state index in [4.69, 9.17) is 4.74 Å². The van der Waals surface area contributed by atoms with Crippen molar-refractivity contribution in [3.8, 4) is 0 Å². The van der Waals surface area contributed by atoms with E-state index in [0.717, 1.165) is 6.42 Å². The van der Waals surface area contributed by atoms with Gasteiger partial charge in [0.05, 0.1) is 13.5 Å². The molecule has 1 atom stereocenters. The lowest BCUT2D eigenvalue weighted by Crippen LogP contribution is -2.37. The van der Waals surface area contributed by atoms with Crippen molar-refractivity contribution in [2.45, 2.75) is 32.7 Å². The lowest BCUT2D eigenvalue weighted by Gasteiger charge is -2.24. The zero-order valence-corrected chi connectivity index (χ0v) is 12.3. The van der Waals surface area contributed by atoms with E-state index < -0.39 is 0 Å². The van der Waals surface area contributed by atoms with Gasteiger partial charge in [0.2, 0.25) is 0 Å². The molecule has 0 spiro atoms. The molecule has 0 aliphatic carbocycles. The monoisotopic (exact) mass is 275 g/mol. The zero-order chi connectivity index (χ0) is 14.8. The number of rotatable bonds is 3. The predicted octanol–water partition coefficient (Wildman–Crippen LogP) is 2.49. The van der Waals surface area contributed by atoms with Crippen molar-refractivity contribution in [2.75, 3.05) is 13.7 Å². The van der Waals surface area contributed by atoms with Gasteiger partial charge in [-0.05, 0) is 24.0 Å². The van der Waals surface area contributed by atoms with Gasteiger partial charge >= 0.3 is 5.97 Å². The first kappa shape index (κ1) is 14.6. The SMILES string of the molecule is COC(=O)CC1CC(C)(C)CN1C(=O)c1ccccc1. The van der Waals surface area contributed by atoms with Crippen molar-refractivity contribution in [3.63, 3.8) is 0 Å². The van der Waals surface area contributed by atoms with Gasteiger partial charge in [-0.15, -0.1) is 0 Å². The first-order valence-electron chi connectivity index (χ1n) is 6.86. The Hall–Kier alpha value is -1.84. The predicted molar refractivity (Wildman–Crippen MR) is 76.3 cm³/mol. The molecule has 0 bridgehead atoms. The van der Waals surface area contributed by atoms with E-state index in [1.165, 1.54) is 7.11 Å². The molecule has 1 aromatic rings. The van der Waals surface area contributed by atoms with Crippen LogP contribution in [0.5, 0.6) is 0 Å². The van der Waals surface area contributed by atoms with Gasteiger partial charge in [0, 0.05) is 18.2 Å². The number of amides is 1. The first-order chi connectivity index (χ1) is 9.43. The number of carbonyl (C=O) groups excluding carboxylic acids is 2. The molecule has 1 aliphatic heterocycles. The van der Waals surface area contributed by atoms with Gasteiger partial charge in [0.15, 0.2) is 0 Å². The Morgan fingerprint density at radius 2 is 1.95 bits per heavy atom. The van der Waals surface area contributed by atoms with Crippen LogP contribution in [0.25, 0.3) is 0 Å². The van der Waals surface area contributed by atoms with Gasteiger partial charge in [0.1, 0.15) is 0 Å². The van der Waals surface area contributed by atoms with Crippen molar-refractivity contribution in [1.82, 2.24) is 4.90 Å². The van der Waals surface area contributed by atoms with Crippen LogP contribution in [0.2, 0.25) is 0 Å². The maximum absolute atomic E-state index is 12.6. The minimum Gasteiger partial charge on any atom is -0.469 e. The third-order valence-electron chi connectivity index (χ3n) is 3.74. The minimum atomic E-state index is -0.265. The second-order valence-corrected chi connectivity index (χ2v) is 6.10. The highest BCUT2D eigenvalue weighted by molar-refractivity contribution is 5.94. The molecule has 0 saturated carbocycles. The Kier molecular flexibility index (Phi) is 4.12. The van der Waals surface area contributed by atoms with Crippen LogP contribution >= 0.6 is 0 Å². The molecule has 1 fully saturated rings. The fraction of sp³-hybridized carbons (Fsp3) is 0.500. The van der Waals surface area contributed by atoms with E-state index in [2.05, 4.69) is 13.8 Å². The lowest BCUT2D eigenvalue weighted by molar-refractivity contribution is -0.141. The number of methoxy groups -OCH3 is 1. The van der Waals surface area contributed by atoms with Gasteiger partial charge in [-0.2, -0.15) is 0 Å². The number of carbonyl (C=O) groups is 2. The third-order valence-corrected chi connectivity index (χ3v) is 3.74. The molecule has 1 aliphatic rings. The summed E-state index contributed by atoms with van der Waals surface area (Å²) in [6.45, 7) is 4.91. The molecule has 0 N–H and O–H groups in total. The molecular weight excluding hydrogens is 254 g/mol. The van der Waals surface area contributed by atoms with Gasteiger partial charge in [-0.25, -0.2) is 0 Å². The highest BCUT2D eigenvalue weighted by Crippen LogP contribution is 2.36. The molecule has 4 nitrogen and oxygen atoms in total. The van der Waals surface area contributed by atoms with Crippen LogP contribution in [0.1, 0.15) is 37.0 Å². The smallest absolute Gasteiger partial charge is 0.307 e. The van der Waals surface area contributed by atoms with Crippen LogP contribution in [0.15, 0.2) is 30.3 Å². The molecule has 1 aromatic carbocycles. The third kappa shape index (κ3) is 3.18. The van der Waals surface area contributed by atoms with E-state index >= 15 is 0 Å². The zero-order valence-electron chi connectivity index (χ0n) is 12.3. The second kappa shape index (κ2) is 5.65. The molecule has 1 unspecified atom stereocenters. The minimum absolute atomic E-state index is 0.00919. The van der Waals surface area contributed by atoms with Crippen LogP contribution in [0.3, 0.4) is 0 Å². The molecular formula is C16H21NO3. The maximum Gasteiger partial charge on any atom is 0.307 e. The molecule has 20 heavy (non-hydrogen) atoms. The van der Waals surface area contributed by atoms with E-state index in [0.29, 0.717) is 12.1 Å². The molecule has 1 heterocycles. The summed E-state index contributed by atoms with van der Waals surface area (Å²) in [6.07, 6.45) is 1.08. The van der Waals surface area contributed by atoms with E-state index in [1.807, 2.05) is 35.2 Å². The molecule has 4 heteroatoms. The van der Waals surface area contributed by atoms with Crippen LogP contribution in [0, 0.1) is 5.41 Å². The number of ether oxygens (including phenoxy) is 1. The summed E-state index contributed by atoms with van der Waals surface area (Å²) >= 11 is 0. The summed E-state index contributed by atoms with van der Waals surface area (Å²) < 4.78 is 4.74. The Morgan fingerprint density at radius 1 is 1.30 bits per heavy atom. The second-order valence-electron chi connectivity index (χ2n) is 6.10. The Morgan fingerprint density at radius 3 is 2.55 bits per heavy atom. The van der Waals surface area contributed by atoms with Crippen molar-refractivity contribution in [2.24, 2.45) is 5.41 Å². The first-order valence-corrected chi connectivity index (χ1v) is 6.86.